The maximum absolute atomic E-state index is 12.0. The fourth-order valence-electron chi connectivity index (χ4n) is 2.28. The van der Waals surface area contributed by atoms with E-state index in [-0.39, 0.29) is 12.4 Å². The topological polar surface area (TPSA) is 65.2 Å². The Morgan fingerprint density at radius 2 is 1.88 bits per heavy atom. The molecule has 25 heavy (non-hydrogen) atoms. The molecule has 0 spiro atoms. The average molecular weight is 357 g/mol. The number of halogens is 1. The SMILES string of the molecule is Cc1ccc(-c2nnc(CCC(=O)Oc3ccc(Cl)cc3C)o2)cc1. The Morgan fingerprint density at radius 1 is 1.12 bits per heavy atom. The number of benzene rings is 2. The second-order valence-corrected chi connectivity index (χ2v) is 6.19. The Kier molecular flexibility index (Phi) is 5.14. The van der Waals surface area contributed by atoms with Crippen LogP contribution in [0.1, 0.15) is 23.4 Å². The van der Waals surface area contributed by atoms with Crippen LogP contribution >= 0.6 is 11.6 Å². The summed E-state index contributed by atoms with van der Waals surface area (Å²) < 4.78 is 10.9. The monoisotopic (exact) mass is 356 g/mol. The molecule has 0 atom stereocenters. The molecule has 0 radical (unpaired) electrons. The van der Waals surface area contributed by atoms with Crippen molar-refractivity contribution in [2.24, 2.45) is 0 Å². The first kappa shape index (κ1) is 17.2. The summed E-state index contributed by atoms with van der Waals surface area (Å²) in [4.78, 5) is 12.0. The van der Waals surface area contributed by atoms with E-state index in [9.17, 15) is 4.79 Å². The molecule has 0 bridgehead atoms. The van der Waals surface area contributed by atoms with Crippen LogP contribution in [0.4, 0.5) is 0 Å². The number of esters is 1. The molecular formula is C19H17ClN2O3. The number of hydrogen-bond donors (Lipinski definition) is 0. The van der Waals surface area contributed by atoms with Crippen molar-refractivity contribution in [3.05, 3.63) is 64.5 Å². The number of aryl methyl sites for hydroxylation is 3. The van der Waals surface area contributed by atoms with E-state index in [1.165, 1.54) is 0 Å². The minimum atomic E-state index is -0.361. The van der Waals surface area contributed by atoms with Gasteiger partial charge >= 0.3 is 5.97 Å². The van der Waals surface area contributed by atoms with Crippen LogP contribution in [0, 0.1) is 13.8 Å². The van der Waals surface area contributed by atoms with E-state index in [0.29, 0.717) is 29.0 Å². The summed E-state index contributed by atoms with van der Waals surface area (Å²) in [5, 5.41) is 8.60. The van der Waals surface area contributed by atoms with E-state index in [2.05, 4.69) is 10.2 Å². The fraction of sp³-hybridized carbons (Fsp3) is 0.211. The Hall–Kier alpha value is -2.66. The van der Waals surface area contributed by atoms with Gasteiger partial charge in [-0.1, -0.05) is 29.3 Å². The standard InChI is InChI=1S/C19H17ClN2O3/c1-12-3-5-14(6-4-12)19-22-21-17(25-19)9-10-18(23)24-16-8-7-15(20)11-13(16)2/h3-8,11H,9-10H2,1-2H3. The van der Waals surface area contributed by atoms with Gasteiger partial charge in [0.05, 0.1) is 6.42 Å². The number of rotatable bonds is 5. The molecule has 0 aliphatic carbocycles. The molecule has 0 aliphatic heterocycles. The molecule has 0 saturated carbocycles. The Bertz CT molecular complexity index is 888. The van der Waals surface area contributed by atoms with Gasteiger partial charge in [-0.25, -0.2) is 0 Å². The van der Waals surface area contributed by atoms with E-state index < -0.39 is 0 Å². The zero-order chi connectivity index (χ0) is 17.8. The molecule has 0 N–H and O–H groups in total. The van der Waals surface area contributed by atoms with E-state index in [1.807, 2.05) is 38.1 Å². The molecule has 0 amide bonds. The van der Waals surface area contributed by atoms with Gasteiger partial charge in [0.2, 0.25) is 11.8 Å². The van der Waals surface area contributed by atoms with Crippen molar-refractivity contribution in [2.45, 2.75) is 26.7 Å². The highest BCUT2D eigenvalue weighted by Gasteiger charge is 2.12. The lowest BCUT2D eigenvalue weighted by Gasteiger charge is -2.06. The molecule has 0 saturated heterocycles. The number of nitrogens with zero attached hydrogens (tertiary/aromatic N) is 2. The van der Waals surface area contributed by atoms with Gasteiger partial charge < -0.3 is 9.15 Å². The largest absolute Gasteiger partial charge is 0.426 e. The van der Waals surface area contributed by atoms with Gasteiger partial charge in [-0.15, -0.1) is 10.2 Å². The van der Waals surface area contributed by atoms with Gasteiger partial charge in [0, 0.05) is 17.0 Å². The lowest BCUT2D eigenvalue weighted by Crippen LogP contribution is -2.10. The molecule has 6 heteroatoms. The van der Waals surface area contributed by atoms with Gasteiger partial charge in [-0.2, -0.15) is 0 Å². The van der Waals surface area contributed by atoms with Gasteiger partial charge in [-0.3, -0.25) is 4.79 Å². The zero-order valence-corrected chi connectivity index (χ0v) is 14.7. The zero-order valence-electron chi connectivity index (χ0n) is 14.0. The molecule has 0 aliphatic rings. The minimum Gasteiger partial charge on any atom is -0.426 e. The molecule has 128 valence electrons. The Labute approximate surface area is 150 Å². The van der Waals surface area contributed by atoms with Crippen LogP contribution < -0.4 is 4.74 Å². The van der Waals surface area contributed by atoms with Crippen LogP contribution in [0.3, 0.4) is 0 Å². The number of ether oxygens (including phenoxy) is 1. The summed E-state index contributed by atoms with van der Waals surface area (Å²) in [6.45, 7) is 3.84. The highest BCUT2D eigenvalue weighted by atomic mass is 35.5. The lowest BCUT2D eigenvalue weighted by molar-refractivity contribution is -0.134. The van der Waals surface area contributed by atoms with E-state index in [1.54, 1.807) is 18.2 Å². The van der Waals surface area contributed by atoms with Crippen molar-refractivity contribution in [1.82, 2.24) is 10.2 Å². The molecule has 2 aromatic carbocycles. The van der Waals surface area contributed by atoms with Crippen LogP contribution in [0.5, 0.6) is 5.75 Å². The third-order valence-corrected chi connectivity index (χ3v) is 3.90. The van der Waals surface area contributed by atoms with Crippen molar-refractivity contribution in [3.63, 3.8) is 0 Å². The van der Waals surface area contributed by atoms with Gasteiger partial charge in [0.25, 0.3) is 0 Å². The number of hydrogen-bond acceptors (Lipinski definition) is 5. The Balaban J connectivity index is 1.58. The van der Waals surface area contributed by atoms with Crippen molar-refractivity contribution in [1.29, 1.82) is 0 Å². The summed E-state index contributed by atoms with van der Waals surface area (Å²) in [5.41, 5.74) is 2.81. The summed E-state index contributed by atoms with van der Waals surface area (Å²) in [5.74, 6) is 0.984. The normalized spacial score (nSPS) is 10.7. The number of aromatic nitrogens is 2. The third kappa shape index (κ3) is 4.45. The quantitative estimate of drug-likeness (QED) is 0.496. The summed E-state index contributed by atoms with van der Waals surface area (Å²) >= 11 is 5.89. The first-order valence-corrected chi connectivity index (χ1v) is 8.25. The van der Waals surface area contributed by atoms with Crippen molar-refractivity contribution in [2.75, 3.05) is 0 Å². The molecule has 0 unspecified atom stereocenters. The smallest absolute Gasteiger partial charge is 0.311 e. The molecule has 3 aromatic rings. The Morgan fingerprint density at radius 3 is 2.60 bits per heavy atom. The molecule has 0 fully saturated rings. The minimum absolute atomic E-state index is 0.150. The highest BCUT2D eigenvalue weighted by molar-refractivity contribution is 6.30. The third-order valence-electron chi connectivity index (χ3n) is 3.67. The molecule has 3 rings (SSSR count). The highest BCUT2D eigenvalue weighted by Crippen LogP contribution is 2.23. The lowest BCUT2D eigenvalue weighted by atomic mass is 10.1. The summed E-state index contributed by atoms with van der Waals surface area (Å²) in [6, 6.07) is 12.9. The van der Waals surface area contributed by atoms with Gasteiger partial charge in [0.15, 0.2) is 0 Å². The summed E-state index contributed by atoms with van der Waals surface area (Å²) in [7, 11) is 0. The fourth-order valence-corrected chi connectivity index (χ4v) is 2.50. The molecule has 1 aromatic heterocycles. The van der Waals surface area contributed by atoms with E-state index >= 15 is 0 Å². The van der Waals surface area contributed by atoms with Crippen molar-refractivity contribution < 1.29 is 13.9 Å². The number of carbonyl (C=O) groups excluding carboxylic acids is 1. The maximum atomic E-state index is 12.0. The van der Waals surface area contributed by atoms with Crippen LogP contribution in [0.25, 0.3) is 11.5 Å². The maximum Gasteiger partial charge on any atom is 0.311 e. The van der Waals surface area contributed by atoms with E-state index in [4.69, 9.17) is 20.8 Å². The first-order valence-electron chi connectivity index (χ1n) is 7.87. The van der Waals surface area contributed by atoms with Crippen molar-refractivity contribution in [3.8, 4) is 17.2 Å². The second kappa shape index (κ2) is 7.49. The molecular weight excluding hydrogens is 340 g/mol. The second-order valence-electron chi connectivity index (χ2n) is 5.75. The van der Waals surface area contributed by atoms with Crippen molar-refractivity contribution >= 4 is 17.6 Å². The predicted molar refractivity (Wildman–Crippen MR) is 94.6 cm³/mol. The van der Waals surface area contributed by atoms with Crippen LogP contribution in [-0.2, 0) is 11.2 Å². The first-order chi connectivity index (χ1) is 12.0. The predicted octanol–water partition coefficient (Wildman–Crippen LogP) is 4.55. The average Bonchev–Trinajstić information content (AvgIpc) is 3.05. The van der Waals surface area contributed by atoms with Crippen LogP contribution in [0.2, 0.25) is 5.02 Å². The molecule has 1 heterocycles. The van der Waals surface area contributed by atoms with E-state index in [0.717, 1.165) is 16.7 Å². The van der Waals surface area contributed by atoms with Crippen LogP contribution in [-0.4, -0.2) is 16.2 Å². The van der Waals surface area contributed by atoms with Gasteiger partial charge in [0.1, 0.15) is 5.75 Å². The number of carbonyl (C=O) groups is 1. The van der Waals surface area contributed by atoms with Gasteiger partial charge in [-0.05, 0) is 49.7 Å². The molecule has 5 nitrogen and oxygen atoms in total. The van der Waals surface area contributed by atoms with Crippen LogP contribution in [0.15, 0.2) is 46.9 Å². The summed E-state index contributed by atoms with van der Waals surface area (Å²) in [6.07, 6.45) is 0.474.